The normalized spacial score (nSPS) is 29.6. The van der Waals surface area contributed by atoms with E-state index in [1.54, 1.807) is 0 Å². The Labute approximate surface area is 122 Å². The second-order valence-corrected chi connectivity index (χ2v) is 6.20. The Kier molecular flexibility index (Phi) is 5.85. The van der Waals surface area contributed by atoms with E-state index in [1.807, 2.05) is 6.92 Å². The molecule has 0 aromatic carbocycles. The highest BCUT2D eigenvalue weighted by molar-refractivity contribution is 5.81. The zero-order valence-corrected chi connectivity index (χ0v) is 13.0. The molecule has 0 amide bonds. The smallest absolute Gasteiger partial charge is 0.326 e. The number of esters is 1. The Hall–Kier alpha value is -0.610. The monoisotopic (exact) mass is 283 g/mol. The molecule has 2 atom stereocenters. The van der Waals surface area contributed by atoms with Gasteiger partial charge in [-0.25, -0.2) is 0 Å². The van der Waals surface area contributed by atoms with E-state index in [-0.39, 0.29) is 12.1 Å². The summed E-state index contributed by atoms with van der Waals surface area (Å²) in [6.07, 6.45) is 7.72. The first-order valence-corrected chi connectivity index (χ1v) is 8.24. The molecule has 0 radical (unpaired) electrons. The van der Waals surface area contributed by atoms with E-state index < -0.39 is 5.54 Å². The Balaban J connectivity index is 1.82. The van der Waals surface area contributed by atoms with Crippen molar-refractivity contribution in [3.05, 3.63) is 0 Å². The summed E-state index contributed by atoms with van der Waals surface area (Å²) in [5.41, 5.74) is -0.504. The van der Waals surface area contributed by atoms with Crippen molar-refractivity contribution in [2.75, 3.05) is 19.8 Å². The molecule has 116 valence electrons. The molecular weight excluding hydrogens is 254 g/mol. The van der Waals surface area contributed by atoms with E-state index in [1.165, 1.54) is 19.3 Å². The molecule has 1 N–H and O–H groups in total. The van der Waals surface area contributed by atoms with Gasteiger partial charge in [-0.15, -0.1) is 0 Å². The van der Waals surface area contributed by atoms with Gasteiger partial charge in [0.2, 0.25) is 0 Å². The van der Waals surface area contributed by atoms with E-state index >= 15 is 0 Å². The lowest BCUT2D eigenvalue weighted by molar-refractivity contribution is -0.151. The standard InChI is InChI=1S/C16H29NO3/c1-3-10-17-16(15(18)19-4-2)9-7-14(12-16)20-11-8-13-5-6-13/h13-14,17H,3-12H2,1-2H3. The SMILES string of the molecule is CCCNC1(C(=O)OCC)CCC(OCCC2CC2)C1. The van der Waals surface area contributed by atoms with Crippen molar-refractivity contribution in [2.24, 2.45) is 5.92 Å². The number of nitrogens with one attached hydrogen (secondary N) is 1. The minimum Gasteiger partial charge on any atom is -0.465 e. The fraction of sp³-hybridized carbons (Fsp3) is 0.938. The third-order valence-electron chi connectivity index (χ3n) is 4.43. The van der Waals surface area contributed by atoms with Crippen LogP contribution in [0.4, 0.5) is 0 Å². The van der Waals surface area contributed by atoms with Gasteiger partial charge >= 0.3 is 5.97 Å². The van der Waals surface area contributed by atoms with Gasteiger partial charge in [0.05, 0.1) is 12.7 Å². The van der Waals surface area contributed by atoms with Gasteiger partial charge < -0.3 is 14.8 Å². The number of hydrogen-bond donors (Lipinski definition) is 1. The highest BCUT2D eigenvalue weighted by Crippen LogP contribution is 2.35. The number of hydrogen-bond acceptors (Lipinski definition) is 4. The Morgan fingerprint density at radius 1 is 1.30 bits per heavy atom. The molecule has 0 aromatic heterocycles. The molecule has 0 bridgehead atoms. The van der Waals surface area contributed by atoms with Crippen LogP contribution in [0.5, 0.6) is 0 Å². The van der Waals surface area contributed by atoms with Gasteiger partial charge in [0.1, 0.15) is 5.54 Å². The molecule has 2 saturated carbocycles. The molecule has 2 aliphatic carbocycles. The zero-order chi connectivity index (χ0) is 14.4. The van der Waals surface area contributed by atoms with Crippen LogP contribution in [0.2, 0.25) is 0 Å². The number of carbonyl (C=O) groups excluding carboxylic acids is 1. The third-order valence-corrected chi connectivity index (χ3v) is 4.43. The van der Waals surface area contributed by atoms with Crippen LogP contribution in [0.25, 0.3) is 0 Å². The van der Waals surface area contributed by atoms with E-state index in [0.29, 0.717) is 6.61 Å². The summed E-state index contributed by atoms with van der Waals surface area (Å²) < 4.78 is 11.2. The first kappa shape index (κ1) is 15.8. The van der Waals surface area contributed by atoms with Crippen LogP contribution in [0.3, 0.4) is 0 Å². The van der Waals surface area contributed by atoms with Crippen molar-refractivity contribution in [2.45, 2.75) is 70.4 Å². The molecule has 0 aromatic rings. The minimum absolute atomic E-state index is 0.0956. The molecule has 2 rings (SSSR count). The number of ether oxygens (including phenoxy) is 2. The Morgan fingerprint density at radius 2 is 2.10 bits per heavy atom. The van der Waals surface area contributed by atoms with E-state index in [9.17, 15) is 4.79 Å². The molecule has 2 fully saturated rings. The molecule has 0 aliphatic heterocycles. The van der Waals surface area contributed by atoms with Crippen molar-refractivity contribution in [1.82, 2.24) is 5.32 Å². The van der Waals surface area contributed by atoms with Crippen LogP contribution in [0.15, 0.2) is 0 Å². The second kappa shape index (κ2) is 7.41. The first-order chi connectivity index (χ1) is 9.70. The first-order valence-electron chi connectivity index (χ1n) is 8.24. The van der Waals surface area contributed by atoms with Crippen molar-refractivity contribution in [3.63, 3.8) is 0 Å². The van der Waals surface area contributed by atoms with Crippen molar-refractivity contribution in [1.29, 1.82) is 0 Å². The lowest BCUT2D eigenvalue weighted by atomic mass is 9.97. The number of carbonyl (C=O) groups is 1. The summed E-state index contributed by atoms with van der Waals surface area (Å²) in [6.45, 7) is 6.13. The molecule has 4 heteroatoms. The molecule has 0 saturated heterocycles. The largest absolute Gasteiger partial charge is 0.465 e. The van der Waals surface area contributed by atoms with Crippen molar-refractivity contribution < 1.29 is 14.3 Å². The summed E-state index contributed by atoms with van der Waals surface area (Å²) >= 11 is 0. The van der Waals surface area contributed by atoms with Gasteiger partial charge in [-0.05, 0) is 45.1 Å². The van der Waals surface area contributed by atoms with E-state index in [2.05, 4.69) is 12.2 Å². The van der Waals surface area contributed by atoms with Gasteiger partial charge in [0.25, 0.3) is 0 Å². The molecule has 4 nitrogen and oxygen atoms in total. The lowest BCUT2D eigenvalue weighted by Gasteiger charge is -2.28. The highest BCUT2D eigenvalue weighted by atomic mass is 16.5. The molecule has 2 unspecified atom stereocenters. The maximum atomic E-state index is 12.3. The predicted molar refractivity (Wildman–Crippen MR) is 78.6 cm³/mol. The Morgan fingerprint density at radius 3 is 2.75 bits per heavy atom. The number of rotatable bonds is 9. The topological polar surface area (TPSA) is 47.6 Å². The van der Waals surface area contributed by atoms with Gasteiger partial charge in [0, 0.05) is 13.0 Å². The fourth-order valence-corrected chi connectivity index (χ4v) is 3.00. The van der Waals surface area contributed by atoms with E-state index in [0.717, 1.165) is 44.8 Å². The molecular formula is C16H29NO3. The van der Waals surface area contributed by atoms with Crippen LogP contribution in [0.1, 0.15) is 58.8 Å². The Bertz CT molecular complexity index is 317. The van der Waals surface area contributed by atoms with Crippen LogP contribution in [-0.2, 0) is 14.3 Å². The maximum absolute atomic E-state index is 12.3. The summed E-state index contributed by atoms with van der Waals surface area (Å²) in [7, 11) is 0. The molecule has 2 aliphatic rings. The van der Waals surface area contributed by atoms with Crippen LogP contribution < -0.4 is 5.32 Å². The molecule has 0 heterocycles. The maximum Gasteiger partial charge on any atom is 0.326 e. The average molecular weight is 283 g/mol. The highest BCUT2D eigenvalue weighted by Gasteiger charge is 2.46. The van der Waals surface area contributed by atoms with Crippen molar-refractivity contribution >= 4 is 5.97 Å². The lowest BCUT2D eigenvalue weighted by Crippen LogP contribution is -2.51. The van der Waals surface area contributed by atoms with Crippen LogP contribution in [-0.4, -0.2) is 37.4 Å². The average Bonchev–Trinajstić information content (AvgIpc) is 3.16. The van der Waals surface area contributed by atoms with Gasteiger partial charge in [-0.1, -0.05) is 19.8 Å². The van der Waals surface area contributed by atoms with E-state index in [4.69, 9.17) is 9.47 Å². The second-order valence-electron chi connectivity index (χ2n) is 6.20. The van der Waals surface area contributed by atoms with Crippen LogP contribution in [0, 0.1) is 5.92 Å². The molecule has 0 spiro atoms. The van der Waals surface area contributed by atoms with Crippen molar-refractivity contribution in [3.8, 4) is 0 Å². The minimum atomic E-state index is -0.504. The van der Waals surface area contributed by atoms with Gasteiger partial charge in [0.15, 0.2) is 0 Å². The third kappa shape index (κ3) is 4.19. The quantitative estimate of drug-likeness (QED) is 0.661. The molecule has 20 heavy (non-hydrogen) atoms. The summed E-state index contributed by atoms with van der Waals surface area (Å²) in [5.74, 6) is 0.811. The summed E-state index contributed by atoms with van der Waals surface area (Å²) in [6, 6.07) is 0. The van der Waals surface area contributed by atoms with Crippen LogP contribution >= 0.6 is 0 Å². The fourth-order valence-electron chi connectivity index (χ4n) is 3.00. The van der Waals surface area contributed by atoms with Gasteiger partial charge in [-0.2, -0.15) is 0 Å². The summed E-state index contributed by atoms with van der Waals surface area (Å²) in [5, 5.41) is 3.42. The van der Waals surface area contributed by atoms with Gasteiger partial charge in [-0.3, -0.25) is 4.79 Å². The summed E-state index contributed by atoms with van der Waals surface area (Å²) in [4.78, 5) is 12.3. The predicted octanol–water partition coefficient (Wildman–Crippen LogP) is 2.66. The zero-order valence-electron chi connectivity index (χ0n) is 13.0.